The van der Waals surface area contributed by atoms with Crippen LogP contribution in [0.1, 0.15) is 309 Å². The summed E-state index contributed by atoms with van der Waals surface area (Å²) in [6.45, 7) is 4.91. The van der Waals surface area contributed by atoms with Gasteiger partial charge >= 0.3 is 5.97 Å². The van der Waals surface area contributed by atoms with Crippen LogP contribution in [0.25, 0.3) is 0 Å². The standard InChI is InChI=1S/C56H109NO5/c1-3-5-7-9-11-13-15-17-18-22-25-28-32-36-40-44-48-54(59)53(52-58)57-55(60)49-45-41-37-33-29-26-23-20-19-21-24-27-31-35-39-43-47-51-62-56(61)50-46-42-38-34-30-16-14-12-10-8-6-4-2/h44,48,53-54,58-59H,3-43,45-47,49-52H2,1-2H3,(H,57,60)/b48-44+. The number of ether oxygens (including phenoxy) is 1. The number of unbranched alkanes of at least 4 members (excludes halogenated alkanes) is 41. The maximum Gasteiger partial charge on any atom is 0.305 e. The molecule has 0 rings (SSSR count). The Kier molecular flexibility index (Phi) is 51.0. The van der Waals surface area contributed by atoms with Gasteiger partial charge in [-0.15, -0.1) is 0 Å². The van der Waals surface area contributed by atoms with Crippen molar-refractivity contribution in [2.24, 2.45) is 0 Å². The number of aliphatic hydroxyl groups is 2. The molecule has 0 aliphatic carbocycles. The third kappa shape index (κ3) is 48.1. The van der Waals surface area contributed by atoms with Gasteiger partial charge in [-0.1, -0.05) is 276 Å². The van der Waals surface area contributed by atoms with Crippen molar-refractivity contribution in [3.63, 3.8) is 0 Å². The number of aliphatic hydroxyl groups excluding tert-OH is 2. The fourth-order valence-electron chi connectivity index (χ4n) is 8.75. The first kappa shape index (κ1) is 60.6. The van der Waals surface area contributed by atoms with Crippen LogP contribution in [0.15, 0.2) is 12.2 Å². The van der Waals surface area contributed by atoms with Crippen molar-refractivity contribution in [2.45, 2.75) is 321 Å². The Morgan fingerprint density at radius 1 is 0.435 bits per heavy atom. The second kappa shape index (κ2) is 52.2. The Bertz CT molecular complexity index is 924. The fraction of sp³-hybridized carbons (Fsp3) is 0.929. The van der Waals surface area contributed by atoms with E-state index in [1.165, 1.54) is 238 Å². The van der Waals surface area contributed by atoms with E-state index in [1.54, 1.807) is 6.08 Å². The summed E-state index contributed by atoms with van der Waals surface area (Å²) in [5.41, 5.74) is 0. The third-order valence-corrected chi connectivity index (χ3v) is 13.1. The summed E-state index contributed by atoms with van der Waals surface area (Å²) in [7, 11) is 0. The molecular weight excluding hydrogens is 767 g/mol. The largest absolute Gasteiger partial charge is 0.466 e. The average molecular weight is 876 g/mol. The predicted molar refractivity (Wildman–Crippen MR) is 269 cm³/mol. The Labute approximate surface area is 387 Å². The molecule has 62 heavy (non-hydrogen) atoms. The number of hydrogen-bond donors (Lipinski definition) is 3. The molecule has 0 aromatic rings. The van der Waals surface area contributed by atoms with Gasteiger partial charge in [-0.2, -0.15) is 0 Å². The van der Waals surface area contributed by atoms with Crippen molar-refractivity contribution in [2.75, 3.05) is 13.2 Å². The topological polar surface area (TPSA) is 95.9 Å². The van der Waals surface area contributed by atoms with Gasteiger partial charge in [0.1, 0.15) is 0 Å². The molecule has 1 amide bonds. The van der Waals surface area contributed by atoms with Crippen molar-refractivity contribution in [1.29, 1.82) is 0 Å². The van der Waals surface area contributed by atoms with Crippen molar-refractivity contribution in [3.05, 3.63) is 12.2 Å². The highest BCUT2D eigenvalue weighted by Crippen LogP contribution is 2.17. The lowest BCUT2D eigenvalue weighted by Gasteiger charge is -2.20. The van der Waals surface area contributed by atoms with Gasteiger partial charge in [-0.05, 0) is 32.1 Å². The minimum Gasteiger partial charge on any atom is -0.466 e. The molecule has 2 atom stereocenters. The number of allylic oxidation sites excluding steroid dienone is 1. The van der Waals surface area contributed by atoms with Crippen molar-refractivity contribution < 1.29 is 24.5 Å². The molecule has 0 aromatic heterocycles. The number of carbonyl (C=O) groups is 2. The van der Waals surface area contributed by atoms with E-state index in [9.17, 15) is 19.8 Å². The van der Waals surface area contributed by atoms with Crippen molar-refractivity contribution in [3.8, 4) is 0 Å². The van der Waals surface area contributed by atoms with E-state index in [2.05, 4.69) is 19.2 Å². The Balaban J connectivity index is 3.44. The minimum absolute atomic E-state index is 0.00550. The Morgan fingerprint density at radius 3 is 1.10 bits per heavy atom. The smallest absolute Gasteiger partial charge is 0.305 e. The summed E-state index contributed by atoms with van der Waals surface area (Å²) < 4.78 is 5.46. The van der Waals surface area contributed by atoms with Crippen LogP contribution in [-0.4, -0.2) is 47.4 Å². The third-order valence-electron chi connectivity index (χ3n) is 13.1. The number of hydrogen-bond acceptors (Lipinski definition) is 5. The summed E-state index contributed by atoms with van der Waals surface area (Å²) in [5.74, 6) is -0.0657. The first-order valence-corrected chi connectivity index (χ1v) is 28.0. The van der Waals surface area contributed by atoms with E-state index in [0.717, 1.165) is 44.9 Å². The average Bonchev–Trinajstić information content (AvgIpc) is 3.27. The molecule has 0 aliphatic rings. The first-order valence-electron chi connectivity index (χ1n) is 28.0. The van der Waals surface area contributed by atoms with E-state index in [4.69, 9.17) is 4.74 Å². The fourth-order valence-corrected chi connectivity index (χ4v) is 8.75. The van der Waals surface area contributed by atoms with Gasteiger partial charge in [-0.3, -0.25) is 9.59 Å². The van der Waals surface area contributed by atoms with E-state index < -0.39 is 12.1 Å². The predicted octanol–water partition coefficient (Wildman–Crippen LogP) is 16.9. The maximum atomic E-state index is 12.4. The number of amides is 1. The second-order valence-electron chi connectivity index (χ2n) is 19.3. The van der Waals surface area contributed by atoms with Crippen LogP contribution in [0.5, 0.6) is 0 Å². The molecule has 368 valence electrons. The molecule has 0 bridgehead atoms. The van der Waals surface area contributed by atoms with Gasteiger partial charge < -0.3 is 20.3 Å². The molecular formula is C56H109NO5. The number of carbonyl (C=O) groups excluding carboxylic acids is 2. The lowest BCUT2D eigenvalue weighted by molar-refractivity contribution is -0.143. The normalized spacial score (nSPS) is 12.6. The van der Waals surface area contributed by atoms with Crippen molar-refractivity contribution >= 4 is 11.9 Å². The summed E-state index contributed by atoms with van der Waals surface area (Å²) >= 11 is 0. The van der Waals surface area contributed by atoms with Crippen molar-refractivity contribution in [1.82, 2.24) is 5.32 Å². The van der Waals surface area contributed by atoms with E-state index in [1.807, 2.05) is 6.08 Å². The molecule has 0 spiro atoms. The van der Waals surface area contributed by atoms with Crippen LogP contribution in [-0.2, 0) is 14.3 Å². The van der Waals surface area contributed by atoms with Gasteiger partial charge in [-0.25, -0.2) is 0 Å². The van der Waals surface area contributed by atoms with E-state index in [0.29, 0.717) is 19.4 Å². The zero-order chi connectivity index (χ0) is 45.1. The lowest BCUT2D eigenvalue weighted by atomic mass is 10.0. The molecule has 0 aromatic carbocycles. The van der Waals surface area contributed by atoms with Gasteiger partial charge in [0.2, 0.25) is 5.91 Å². The zero-order valence-corrected chi connectivity index (χ0v) is 41.9. The molecule has 0 aliphatic heterocycles. The highest BCUT2D eigenvalue weighted by atomic mass is 16.5. The van der Waals surface area contributed by atoms with Gasteiger partial charge in [0.05, 0.1) is 25.4 Å². The summed E-state index contributed by atoms with van der Waals surface area (Å²) in [5, 5.41) is 23.1. The van der Waals surface area contributed by atoms with E-state index >= 15 is 0 Å². The zero-order valence-electron chi connectivity index (χ0n) is 41.9. The van der Waals surface area contributed by atoms with Gasteiger partial charge in [0, 0.05) is 12.8 Å². The highest BCUT2D eigenvalue weighted by molar-refractivity contribution is 5.76. The molecule has 0 saturated carbocycles. The monoisotopic (exact) mass is 876 g/mol. The van der Waals surface area contributed by atoms with Crippen LogP contribution >= 0.6 is 0 Å². The van der Waals surface area contributed by atoms with Gasteiger partial charge in [0.25, 0.3) is 0 Å². The minimum atomic E-state index is -0.847. The molecule has 6 heteroatoms. The first-order chi connectivity index (χ1) is 30.5. The molecule has 0 saturated heterocycles. The molecule has 6 nitrogen and oxygen atoms in total. The van der Waals surface area contributed by atoms with Crippen LogP contribution < -0.4 is 5.32 Å². The number of nitrogens with one attached hydrogen (secondary N) is 1. The van der Waals surface area contributed by atoms with Gasteiger partial charge in [0.15, 0.2) is 0 Å². The molecule has 3 N–H and O–H groups in total. The Hall–Kier alpha value is -1.40. The SMILES string of the molecule is CCCCCCCCCCCCCCCC/C=C/C(O)C(CO)NC(=O)CCCCCCCCCCCCCCCCCCCOC(=O)CCCCCCCCCCCCCC. The number of rotatable bonds is 52. The summed E-state index contributed by atoms with van der Waals surface area (Å²) in [6, 6.07) is -0.630. The Morgan fingerprint density at radius 2 is 0.742 bits per heavy atom. The summed E-state index contributed by atoms with van der Waals surface area (Å²) in [6.07, 6.45) is 60.8. The molecule has 0 heterocycles. The summed E-state index contributed by atoms with van der Waals surface area (Å²) in [4.78, 5) is 24.5. The lowest BCUT2D eigenvalue weighted by Crippen LogP contribution is -2.45. The molecule has 0 fully saturated rings. The second-order valence-corrected chi connectivity index (χ2v) is 19.3. The number of esters is 1. The van der Waals surface area contributed by atoms with Crippen LogP contribution in [0, 0.1) is 0 Å². The molecule has 0 radical (unpaired) electrons. The van der Waals surface area contributed by atoms with E-state index in [-0.39, 0.29) is 18.5 Å². The quantitative estimate of drug-likeness (QED) is 0.0321. The van der Waals surface area contributed by atoms with Crippen LogP contribution in [0.2, 0.25) is 0 Å². The highest BCUT2D eigenvalue weighted by Gasteiger charge is 2.18. The van der Waals surface area contributed by atoms with Crippen LogP contribution in [0.3, 0.4) is 0 Å². The van der Waals surface area contributed by atoms with Crippen LogP contribution in [0.4, 0.5) is 0 Å². The maximum absolute atomic E-state index is 12.4. The molecule has 2 unspecified atom stereocenters.